The molecule has 8 nitrogen and oxygen atoms in total. The van der Waals surface area contributed by atoms with Gasteiger partial charge in [-0.1, -0.05) is 74.5 Å². The number of oxazole rings is 1. The van der Waals surface area contributed by atoms with Crippen molar-refractivity contribution in [3.8, 4) is 5.75 Å². The molecule has 0 aliphatic carbocycles. The fraction of sp³-hybridized carbons (Fsp3) is 0.324. The first kappa shape index (κ1) is 26.5. The monoisotopic (exact) mass is 563 g/mol. The van der Waals surface area contributed by atoms with E-state index in [-0.39, 0.29) is 18.2 Å². The normalized spacial score (nSPS) is 24.4. The number of Topliss-reactive ketones (excluding diaryl/α,β-unsaturated/α-hetero) is 1. The SMILES string of the molecule is Cc1nc2oc1C13c4ccccc4N[C@H]1Oc1ccc(cc13)C[C@H](CC(=O)[C@@H](O)c1ccccc1)C(=O)N[C@H]2C(C)C. The molecule has 1 spiro atoms. The van der Waals surface area contributed by atoms with E-state index >= 15 is 0 Å². The Labute approximate surface area is 244 Å². The summed E-state index contributed by atoms with van der Waals surface area (Å²) < 4.78 is 13.2. The third-order valence-electron chi connectivity index (χ3n) is 8.87. The number of rotatable bonds is 5. The fourth-order valence-electron chi connectivity index (χ4n) is 6.77. The van der Waals surface area contributed by atoms with Gasteiger partial charge in [-0.25, -0.2) is 4.98 Å². The molecule has 3 aliphatic heterocycles. The van der Waals surface area contributed by atoms with Crippen LogP contribution in [-0.2, 0) is 21.4 Å². The van der Waals surface area contributed by atoms with Gasteiger partial charge >= 0.3 is 0 Å². The molecular weight excluding hydrogens is 530 g/mol. The molecule has 42 heavy (non-hydrogen) atoms. The first-order valence-electron chi connectivity index (χ1n) is 14.5. The molecule has 1 unspecified atom stereocenters. The first-order chi connectivity index (χ1) is 20.3. The van der Waals surface area contributed by atoms with Crippen molar-refractivity contribution >= 4 is 17.4 Å². The van der Waals surface area contributed by atoms with Crippen molar-refractivity contribution in [1.82, 2.24) is 10.3 Å². The van der Waals surface area contributed by atoms with Crippen molar-refractivity contribution in [3.63, 3.8) is 0 Å². The Bertz CT molecular complexity index is 1700. The lowest BCUT2D eigenvalue weighted by atomic mass is 9.72. The Balaban J connectivity index is 1.37. The van der Waals surface area contributed by atoms with Crippen LogP contribution in [0.25, 0.3) is 0 Å². The van der Waals surface area contributed by atoms with Crippen molar-refractivity contribution in [1.29, 1.82) is 0 Å². The Morgan fingerprint density at radius 3 is 2.60 bits per heavy atom. The zero-order chi connectivity index (χ0) is 29.2. The number of aromatic nitrogens is 1. The van der Waals surface area contributed by atoms with E-state index < -0.39 is 35.5 Å². The fourth-order valence-corrected chi connectivity index (χ4v) is 6.77. The topological polar surface area (TPSA) is 114 Å². The van der Waals surface area contributed by atoms with Crippen LogP contribution in [0.1, 0.15) is 72.0 Å². The number of aliphatic hydroxyl groups is 1. The van der Waals surface area contributed by atoms with E-state index in [1.807, 2.05) is 57.2 Å². The smallest absolute Gasteiger partial charge is 0.224 e. The minimum Gasteiger partial charge on any atom is -0.469 e. The number of fused-ring (bicyclic) bond motifs is 4. The van der Waals surface area contributed by atoms with Gasteiger partial charge in [-0.3, -0.25) is 9.59 Å². The molecule has 0 saturated carbocycles. The van der Waals surface area contributed by atoms with Gasteiger partial charge in [0.15, 0.2) is 12.0 Å². The second-order valence-electron chi connectivity index (χ2n) is 11.9. The molecule has 3 aromatic carbocycles. The van der Waals surface area contributed by atoms with Crippen LogP contribution in [0.4, 0.5) is 5.69 Å². The lowest BCUT2D eigenvalue weighted by Gasteiger charge is -2.28. The lowest BCUT2D eigenvalue weighted by Crippen LogP contribution is -2.40. The van der Waals surface area contributed by atoms with Crippen LogP contribution >= 0.6 is 0 Å². The number of nitrogens with zero attached hydrogens (tertiary/aromatic N) is 1. The van der Waals surface area contributed by atoms with Crippen molar-refractivity contribution in [2.24, 2.45) is 11.8 Å². The number of ether oxygens (including phenoxy) is 1. The highest BCUT2D eigenvalue weighted by Gasteiger charge is 2.60. The highest BCUT2D eigenvalue weighted by Crippen LogP contribution is 2.58. The van der Waals surface area contributed by atoms with Crippen LogP contribution in [0.3, 0.4) is 0 Å². The van der Waals surface area contributed by atoms with Crippen molar-refractivity contribution < 1.29 is 23.8 Å². The molecule has 4 bridgehead atoms. The van der Waals surface area contributed by atoms with E-state index in [9.17, 15) is 14.7 Å². The predicted molar refractivity (Wildman–Crippen MR) is 156 cm³/mol. The molecule has 0 radical (unpaired) electrons. The van der Waals surface area contributed by atoms with E-state index in [0.29, 0.717) is 23.6 Å². The summed E-state index contributed by atoms with van der Waals surface area (Å²) in [5, 5.41) is 17.5. The third kappa shape index (κ3) is 3.96. The van der Waals surface area contributed by atoms with Crippen LogP contribution in [0.2, 0.25) is 0 Å². The second-order valence-corrected chi connectivity index (χ2v) is 11.9. The minimum atomic E-state index is -1.31. The maximum Gasteiger partial charge on any atom is 0.224 e. The summed E-state index contributed by atoms with van der Waals surface area (Å²) in [5.74, 6) is 0.406. The summed E-state index contributed by atoms with van der Waals surface area (Å²) >= 11 is 0. The van der Waals surface area contributed by atoms with Crippen molar-refractivity contribution in [3.05, 3.63) is 112 Å². The number of aryl methyl sites for hydroxylation is 1. The summed E-state index contributed by atoms with van der Waals surface area (Å²) in [6.45, 7) is 5.94. The molecular formula is C34H33N3O5. The largest absolute Gasteiger partial charge is 0.469 e. The molecule has 7 rings (SSSR count). The average Bonchev–Trinajstić information content (AvgIpc) is 3.62. The molecule has 214 valence electrons. The number of carbonyl (C=O) groups is 2. The number of hydrogen-bond acceptors (Lipinski definition) is 7. The summed E-state index contributed by atoms with van der Waals surface area (Å²) in [6.07, 6.45) is -1.54. The predicted octanol–water partition coefficient (Wildman–Crippen LogP) is 5.14. The van der Waals surface area contributed by atoms with E-state index in [4.69, 9.17) is 14.1 Å². The second kappa shape index (κ2) is 9.84. The van der Waals surface area contributed by atoms with Gasteiger partial charge in [0.2, 0.25) is 11.8 Å². The number of amides is 1. The van der Waals surface area contributed by atoms with Gasteiger partial charge in [-0.15, -0.1) is 0 Å². The van der Waals surface area contributed by atoms with Gasteiger partial charge in [0.05, 0.1) is 5.69 Å². The van der Waals surface area contributed by atoms with Gasteiger partial charge in [0.1, 0.15) is 29.1 Å². The standard InChI is InChI=1S/C34H33N3O5/c1-18(2)28-32-35-19(3)30(42-32)34-23-11-7-8-12-25(23)36-33(34)41-27-14-13-20(16-24(27)34)15-22(31(40)37-28)17-26(38)29(39)21-9-5-4-6-10-21/h4-14,16,18,22,28-29,33,36,39H,15,17H2,1-3H3,(H,37,40)/t22-,28+,29+,33+,34?/m1/s1. The maximum absolute atomic E-state index is 13.9. The average molecular weight is 564 g/mol. The highest BCUT2D eigenvalue weighted by molar-refractivity contribution is 5.90. The summed E-state index contributed by atoms with van der Waals surface area (Å²) in [6, 6.07) is 22.4. The molecule has 1 aromatic heterocycles. The number of para-hydroxylation sites is 1. The van der Waals surface area contributed by atoms with Gasteiger partial charge in [0, 0.05) is 23.6 Å². The number of ketones is 1. The Hall–Kier alpha value is -4.43. The van der Waals surface area contributed by atoms with Crippen LogP contribution in [0.5, 0.6) is 5.75 Å². The quantitative estimate of drug-likeness (QED) is 0.308. The molecule has 3 aliphatic rings. The molecule has 5 atom stereocenters. The molecule has 1 amide bonds. The van der Waals surface area contributed by atoms with Crippen LogP contribution in [0, 0.1) is 18.8 Å². The van der Waals surface area contributed by atoms with E-state index in [2.05, 4.69) is 22.8 Å². The van der Waals surface area contributed by atoms with Crippen molar-refractivity contribution in [2.45, 2.75) is 57.4 Å². The molecule has 0 fully saturated rings. The molecule has 4 aromatic rings. The Morgan fingerprint density at radius 2 is 1.81 bits per heavy atom. The summed E-state index contributed by atoms with van der Waals surface area (Å²) in [7, 11) is 0. The molecule has 3 N–H and O–H groups in total. The molecule has 0 saturated heterocycles. The van der Waals surface area contributed by atoms with Crippen LogP contribution in [0.15, 0.2) is 77.2 Å². The third-order valence-corrected chi connectivity index (χ3v) is 8.87. The summed E-state index contributed by atoms with van der Waals surface area (Å²) in [5.41, 5.74) is 4.29. The molecule has 8 heteroatoms. The number of carbonyl (C=O) groups excluding carboxylic acids is 2. The number of hydrogen-bond donors (Lipinski definition) is 3. The van der Waals surface area contributed by atoms with Gasteiger partial charge in [-0.2, -0.15) is 0 Å². The molecule has 4 heterocycles. The minimum absolute atomic E-state index is 0.0375. The van der Waals surface area contributed by atoms with Crippen molar-refractivity contribution in [2.75, 3.05) is 5.32 Å². The zero-order valence-electron chi connectivity index (χ0n) is 23.8. The number of anilines is 1. The maximum atomic E-state index is 13.9. The van der Waals surface area contributed by atoms with E-state index in [0.717, 1.165) is 33.8 Å². The van der Waals surface area contributed by atoms with Gasteiger partial charge in [0.25, 0.3) is 0 Å². The Kier molecular flexibility index (Phi) is 6.20. The van der Waals surface area contributed by atoms with Gasteiger partial charge in [-0.05, 0) is 48.1 Å². The number of nitrogens with one attached hydrogen (secondary N) is 2. The van der Waals surface area contributed by atoms with E-state index in [1.54, 1.807) is 24.3 Å². The number of benzene rings is 3. The first-order valence-corrected chi connectivity index (χ1v) is 14.5. The van der Waals surface area contributed by atoms with Crippen LogP contribution in [-0.4, -0.2) is 28.0 Å². The van der Waals surface area contributed by atoms with Crippen LogP contribution < -0.4 is 15.4 Å². The lowest BCUT2D eigenvalue weighted by molar-refractivity contribution is -0.134. The Morgan fingerprint density at radius 1 is 1.05 bits per heavy atom. The van der Waals surface area contributed by atoms with Gasteiger partial charge < -0.3 is 24.9 Å². The zero-order valence-corrected chi connectivity index (χ0v) is 23.8. The number of aliphatic hydroxyl groups excluding tert-OH is 1. The van der Waals surface area contributed by atoms with E-state index in [1.165, 1.54) is 0 Å². The highest BCUT2D eigenvalue weighted by atomic mass is 16.5. The summed E-state index contributed by atoms with van der Waals surface area (Å²) in [4.78, 5) is 32.1.